The molecule has 6 nitrogen and oxygen atoms in total. The first-order chi connectivity index (χ1) is 14.2. The second kappa shape index (κ2) is 9.30. The Bertz CT molecular complexity index is 1090. The maximum atomic E-state index is 11.6. The number of hydrogen-bond donors (Lipinski definition) is 1. The lowest BCUT2D eigenvalue weighted by Crippen LogP contribution is -2.19. The van der Waals surface area contributed by atoms with Crippen LogP contribution in [0.1, 0.15) is 22.8 Å². The van der Waals surface area contributed by atoms with E-state index in [9.17, 15) is 8.42 Å². The predicted octanol–water partition coefficient (Wildman–Crippen LogP) is 4.86. The van der Waals surface area contributed by atoms with Crippen LogP contribution < -0.4 is 15.2 Å². The summed E-state index contributed by atoms with van der Waals surface area (Å²) in [6.45, 7) is 3.99. The number of ether oxygens (including phenoxy) is 2. The zero-order chi connectivity index (χ0) is 21.7. The summed E-state index contributed by atoms with van der Waals surface area (Å²) in [5.41, 5.74) is 8.55. The standard InChI is InChI=1S/C23H25NO5S/c1-16-4-9-19(10-5-16)27-21-13-8-18(23(15-24)29-30(3,25)26)14-22(21)28-20-11-6-17(2)7-12-20/h4-14,23H,15,24H2,1-3H3. The van der Waals surface area contributed by atoms with Gasteiger partial charge >= 0.3 is 0 Å². The molecule has 0 aliphatic carbocycles. The van der Waals surface area contributed by atoms with Gasteiger partial charge in [-0.2, -0.15) is 8.42 Å². The summed E-state index contributed by atoms with van der Waals surface area (Å²) in [5, 5.41) is 0. The van der Waals surface area contributed by atoms with Crippen LogP contribution in [0, 0.1) is 13.8 Å². The largest absolute Gasteiger partial charge is 0.453 e. The van der Waals surface area contributed by atoms with E-state index in [1.54, 1.807) is 18.2 Å². The van der Waals surface area contributed by atoms with Crippen molar-refractivity contribution in [1.29, 1.82) is 0 Å². The van der Waals surface area contributed by atoms with E-state index in [-0.39, 0.29) is 6.54 Å². The van der Waals surface area contributed by atoms with Crippen LogP contribution in [-0.2, 0) is 14.3 Å². The Labute approximate surface area is 177 Å². The Morgan fingerprint density at radius 2 is 1.30 bits per heavy atom. The molecule has 3 aromatic carbocycles. The van der Waals surface area contributed by atoms with E-state index in [1.165, 1.54) is 0 Å². The summed E-state index contributed by atoms with van der Waals surface area (Å²) in [4.78, 5) is 0. The summed E-state index contributed by atoms with van der Waals surface area (Å²) in [7, 11) is -3.67. The van der Waals surface area contributed by atoms with Gasteiger partial charge < -0.3 is 15.2 Å². The van der Waals surface area contributed by atoms with Crippen LogP contribution in [0.3, 0.4) is 0 Å². The molecular formula is C23H25NO5S. The van der Waals surface area contributed by atoms with Crippen LogP contribution in [0.15, 0.2) is 66.7 Å². The highest BCUT2D eigenvalue weighted by atomic mass is 32.2. The van der Waals surface area contributed by atoms with Crippen LogP contribution in [-0.4, -0.2) is 21.2 Å². The van der Waals surface area contributed by atoms with Crippen LogP contribution in [0.5, 0.6) is 23.0 Å². The summed E-state index contributed by atoms with van der Waals surface area (Å²) in [6, 6.07) is 20.3. The van der Waals surface area contributed by atoms with Crippen LogP contribution in [0.25, 0.3) is 0 Å². The van der Waals surface area contributed by atoms with Gasteiger partial charge in [0.25, 0.3) is 10.1 Å². The van der Waals surface area contributed by atoms with Crippen molar-refractivity contribution >= 4 is 10.1 Å². The normalized spacial score (nSPS) is 12.4. The first-order valence-electron chi connectivity index (χ1n) is 9.45. The Morgan fingerprint density at radius 3 is 1.77 bits per heavy atom. The molecular weight excluding hydrogens is 402 g/mol. The van der Waals surface area contributed by atoms with Gasteiger partial charge in [0, 0.05) is 6.54 Å². The van der Waals surface area contributed by atoms with E-state index < -0.39 is 16.2 Å². The topological polar surface area (TPSA) is 87.9 Å². The molecule has 0 bridgehead atoms. The van der Waals surface area contributed by atoms with Gasteiger partial charge in [0.15, 0.2) is 11.5 Å². The molecule has 0 aromatic heterocycles. The van der Waals surface area contributed by atoms with Crippen molar-refractivity contribution in [3.05, 3.63) is 83.4 Å². The van der Waals surface area contributed by atoms with E-state index >= 15 is 0 Å². The van der Waals surface area contributed by atoms with Gasteiger partial charge in [-0.3, -0.25) is 4.18 Å². The minimum atomic E-state index is -3.67. The van der Waals surface area contributed by atoms with Crippen molar-refractivity contribution in [2.45, 2.75) is 20.0 Å². The molecule has 0 fully saturated rings. The zero-order valence-electron chi connectivity index (χ0n) is 17.2. The summed E-state index contributed by atoms with van der Waals surface area (Å²) < 4.78 is 40.4. The Hall–Kier alpha value is -2.87. The lowest BCUT2D eigenvalue weighted by Gasteiger charge is -2.18. The maximum absolute atomic E-state index is 11.6. The number of rotatable bonds is 8. The average molecular weight is 428 g/mol. The number of hydrogen-bond acceptors (Lipinski definition) is 6. The monoisotopic (exact) mass is 427 g/mol. The maximum Gasteiger partial charge on any atom is 0.265 e. The molecule has 30 heavy (non-hydrogen) atoms. The van der Waals surface area contributed by atoms with E-state index in [4.69, 9.17) is 19.4 Å². The molecule has 3 rings (SSSR count). The molecule has 158 valence electrons. The fourth-order valence-corrected chi connectivity index (χ4v) is 3.41. The average Bonchev–Trinajstić information content (AvgIpc) is 2.70. The van der Waals surface area contributed by atoms with Crippen molar-refractivity contribution in [2.24, 2.45) is 5.73 Å². The fraction of sp³-hybridized carbons (Fsp3) is 0.217. The van der Waals surface area contributed by atoms with E-state index in [2.05, 4.69) is 0 Å². The van der Waals surface area contributed by atoms with Crippen LogP contribution >= 0.6 is 0 Å². The zero-order valence-corrected chi connectivity index (χ0v) is 18.0. The molecule has 0 aliphatic heterocycles. The van der Waals surface area contributed by atoms with Crippen LogP contribution in [0.2, 0.25) is 0 Å². The Kier molecular flexibility index (Phi) is 6.77. The summed E-state index contributed by atoms with van der Waals surface area (Å²) in [5.74, 6) is 2.19. The third-order valence-corrected chi connectivity index (χ3v) is 4.92. The molecule has 0 aliphatic rings. The van der Waals surface area contributed by atoms with Gasteiger partial charge in [-0.25, -0.2) is 0 Å². The van der Waals surface area contributed by atoms with Crippen molar-refractivity contribution in [3.8, 4) is 23.0 Å². The molecule has 0 amide bonds. The number of benzene rings is 3. The molecule has 0 heterocycles. The fourth-order valence-electron chi connectivity index (χ4n) is 2.80. The first kappa shape index (κ1) is 21.8. The van der Waals surface area contributed by atoms with Gasteiger partial charge in [-0.05, 0) is 55.8 Å². The first-order valence-corrected chi connectivity index (χ1v) is 11.3. The number of aryl methyl sites for hydroxylation is 2. The molecule has 0 radical (unpaired) electrons. The predicted molar refractivity (Wildman–Crippen MR) is 117 cm³/mol. The third-order valence-electron chi connectivity index (χ3n) is 4.34. The SMILES string of the molecule is Cc1ccc(Oc2ccc(C(CN)OS(C)(=O)=O)cc2Oc2ccc(C)cc2)cc1. The molecule has 1 unspecified atom stereocenters. The van der Waals surface area contributed by atoms with E-state index in [1.807, 2.05) is 62.4 Å². The molecule has 7 heteroatoms. The molecule has 2 N–H and O–H groups in total. The molecule has 0 saturated carbocycles. The van der Waals surface area contributed by atoms with Crippen molar-refractivity contribution < 1.29 is 22.1 Å². The van der Waals surface area contributed by atoms with Crippen molar-refractivity contribution in [3.63, 3.8) is 0 Å². The Morgan fingerprint density at radius 1 is 0.800 bits per heavy atom. The van der Waals surface area contributed by atoms with Crippen molar-refractivity contribution in [2.75, 3.05) is 12.8 Å². The highest BCUT2D eigenvalue weighted by molar-refractivity contribution is 7.86. The lowest BCUT2D eigenvalue weighted by atomic mass is 10.1. The second-order valence-corrected chi connectivity index (χ2v) is 8.66. The second-order valence-electron chi connectivity index (χ2n) is 7.06. The van der Waals surface area contributed by atoms with Gasteiger partial charge in [0.05, 0.1) is 6.26 Å². The minimum absolute atomic E-state index is 0.00475. The van der Waals surface area contributed by atoms with Crippen LogP contribution in [0.4, 0.5) is 0 Å². The Balaban J connectivity index is 1.97. The highest BCUT2D eigenvalue weighted by Gasteiger charge is 2.19. The summed E-state index contributed by atoms with van der Waals surface area (Å²) in [6.07, 6.45) is 0.169. The van der Waals surface area contributed by atoms with Gasteiger partial charge in [0.2, 0.25) is 0 Å². The van der Waals surface area contributed by atoms with E-state index in [0.29, 0.717) is 28.6 Å². The minimum Gasteiger partial charge on any atom is -0.453 e. The highest BCUT2D eigenvalue weighted by Crippen LogP contribution is 2.37. The van der Waals surface area contributed by atoms with Gasteiger partial charge in [-0.15, -0.1) is 0 Å². The lowest BCUT2D eigenvalue weighted by molar-refractivity contribution is 0.223. The molecule has 1 atom stereocenters. The van der Waals surface area contributed by atoms with Gasteiger partial charge in [-0.1, -0.05) is 41.5 Å². The van der Waals surface area contributed by atoms with E-state index in [0.717, 1.165) is 17.4 Å². The smallest absolute Gasteiger partial charge is 0.265 e. The molecule has 3 aromatic rings. The quantitative estimate of drug-likeness (QED) is 0.516. The third kappa shape index (κ3) is 6.06. The van der Waals surface area contributed by atoms with Crippen molar-refractivity contribution in [1.82, 2.24) is 0 Å². The number of nitrogens with two attached hydrogens (primary N) is 1. The molecule has 0 spiro atoms. The summed E-state index contributed by atoms with van der Waals surface area (Å²) >= 11 is 0. The molecule has 0 saturated heterocycles. The van der Waals surface area contributed by atoms with Gasteiger partial charge in [0.1, 0.15) is 17.6 Å².